The summed E-state index contributed by atoms with van der Waals surface area (Å²) in [6, 6.07) is 17.1. The van der Waals surface area contributed by atoms with Gasteiger partial charge in [-0.2, -0.15) is 0 Å². The standard InChI is InChI=1S/C27H30ClN3O5/c1-34-22-7-4-6-18(15-22)26(32)30-21-9-10-23(28)20(14-21)17-31(13-5-12-29)27(33)19-8-11-24(35-2)25(16-19)36-3/h4,6-11,14-16H,5,12-13,17,29H2,1-3H3,(H,30,32). The number of hydrogen-bond acceptors (Lipinski definition) is 6. The van der Waals surface area contributed by atoms with E-state index in [9.17, 15) is 9.59 Å². The first-order chi connectivity index (χ1) is 17.4. The van der Waals surface area contributed by atoms with E-state index < -0.39 is 0 Å². The molecule has 3 aromatic carbocycles. The van der Waals surface area contributed by atoms with Gasteiger partial charge in [0.15, 0.2) is 11.5 Å². The van der Waals surface area contributed by atoms with Gasteiger partial charge in [-0.3, -0.25) is 9.59 Å². The number of methoxy groups -OCH3 is 3. The van der Waals surface area contributed by atoms with Crippen LogP contribution in [0.15, 0.2) is 60.7 Å². The van der Waals surface area contributed by atoms with Crippen molar-refractivity contribution in [2.24, 2.45) is 5.73 Å². The van der Waals surface area contributed by atoms with E-state index in [2.05, 4.69) is 5.32 Å². The van der Waals surface area contributed by atoms with Gasteiger partial charge in [-0.25, -0.2) is 0 Å². The third kappa shape index (κ3) is 6.68. The van der Waals surface area contributed by atoms with Gasteiger partial charge >= 0.3 is 0 Å². The summed E-state index contributed by atoms with van der Waals surface area (Å²) in [5.41, 5.74) is 7.87. The summed E-state index contributed by atoms with van der Waals surface area (Å²) in [6.45, 7) is 1.09. The largest absolute Gasteiger partial charge is 0.497 e. The average Bonchev–Trinajstić information content (AvgIpc) is 2.91. The van der Waals surface area contributed by atoms with Crippen molar-refractivity contribution < 1.29 is 23.8 Å². The van der Waals surface area contributed by atoms with Crippen LogP contribution in [0.2, 0.25) is 5.02 Å². The van der Waals surface area contributed by atoms with Crippen molar-refractivity contribution in [3.05, 3.63) is 82.4 Å². The third-order valence-electron chi connectivity index (χ3n) is 5.55. The van der Waals surface area contributed by atoms with E-state index >= 15 is 0 Å². The van der Waals surface area contributed by atoms with Crippen molar-refractivity contribution in [2.45, 2.75) is 13.0 Å². The molecule has 8 nitrogen and oxygen atoms in total. The predicted octanol–water partition coefficient (Wildman–Crippen LogP) is 4.61. The molecule has 3 aromatic rings. The van der Waals surface area contributed by atoms with E-state index in [4.69, 9.17) is 31.5 Å². The van der Waals surface area contributed by atoms with Crippen LogP contribution in [0.1, 0.15) is 32.7 Å². The molecule has 0 aliphatic heterocycles. The molecule has 0 bridgehead atoms. The number of nitrogens with zero attached hydrogens (tertiary/aromatic N) is 1. The van der Waals surface area contributed by atoms with Crippen LogP contribution < -0.4 is 25.3 Å². The zero-order valence-electron chi connectivity index (χ0n) is 20.5. The molecule has 0 aliphatic carbocycles. The summed E-state index contributed by atoms with van der Waals surface area (Å²) < 4.78 is 15.8. The SMILES string of the molecule is COc1cccc(C(=O)Nc2ccc(Cl)c(CN(CCCN)C(=O)c3ccc(OC)c(OC)c3)c2)c1. The van der Waals surface area contributed by atoms with Crippen molar-refractivity contribution in [2.75, 3.05) is 39.7 Å². The molecule has 0 unspecified atom stereocenters. The molecular weight excluding hydrogens is 482 g/mol. The van der Waals surface area contributed by atoms with Crippen molar-refractivity contribution in [1.82, 2.24) is 4.90 Å². The van der Waals surface area contributed by atoms with E-state index in [1.807, 2.05) is 0 Å². The zero-order valence-corrected chi connectivity index (χ0v) is 21.3. The Labute approximate surface area is 215 Å². The number of nitrogens with two attached hydrogens (primary N) is 1. The van der Waals surface area contributed by atoms with Crippen molar-refractivity contribution in [3.63, 3.8) is 0 Å². The van der Waals surface area contributed by atoms with E-state index in [1.54, 1.807) is 72.7 Å². The van der Waals surface area contributed by atoms with Gasteiger partial charge in [0.25, 0.3) is 11.8 Å². The maximum atomic E-state index is 13.4. The van der Waals surface area contributed by atoms with Crippen LogP contribution in [0.3, 0.4) is 0 Å². The van der Waals surface area contributed by atoms with E-state index in [0.29, 0.717) is 64.2 Å². The molecule has 0 spiro atoms. The van der Waals surface area contributed by atoms with E-state index in [0.717, 1.165) is 0 Å². The second-order valence-corrected chi connectivity index (χ2v) is 8.34. The first-order valence-electron chi connectivity index (χ1n) is 11.3. The van der Waals surface area contributed by atoms with Crippen LogP contribution in [0.25, 0.3) is 0 Å². The molecule has 0 atom stereocenters. The smallest absolute Gasteiger partial charge is 0.255 e. The van der Waals surface area contributed by atoms with Gasteiger partial charge < -0.3 is 30.2 Å². The number of anilines is 1. The average molecular weight is 512 g/mol. The van der Waals surface area contributed by atoms with Crippen molar-refractivity contribution in [1.29, 1.82) is 0 Å². The highest BCUT2D eigenvalue weighted by atomic mass is 35.5. The van der Waals surface area contributed by atoms with Crippen LogP contribution in [-0.2, 0) is 6.54 Å². The molecule has 36 heavy (non-hydrogen) atoms. The summed E-state index contributed by atoms with van der Waals surface area (Å²) in [4.78, 5) is 27.8. The molecule has 0 heterocycles. The number of carbonyl (C=O) groups is 2. The Kier molecular flexibility index (Phi) is 9.55. The molecule has 3 rings (SSSR count). The number of rotatable bonds is 11. The fourth-order valence-electron chi connectivity index (χ4n) is 3.63. The molecular formula is C27H30ClN3O5. The Bertz CT molecular complexity index is 1220. The Morgan fingerprint density at radius 2 is 1.69 bits per heavy atom. The number of ether oxygens (including phenoxy) is 3. The van der Waals surface area contributed by atoms with E-state index in [-0.39, 0.29) is 18.4 Å². The van der Waals surface area contributed by atoms with Gasteiger partial charge in [-0.1, -0.05) is 17.7 Å². The third-order valence-corrected chi connectivity index (χ3v) is 5.92. The molecule has 0 radical (unpaired) electrons. The minimum atomic E-state index is -0.288. The number of hydrogen-bond donors (Lipinski definition) is 2. The van der Waals surface area contributed by atoms with Crippen LogP contribution in [0.5, 0.6) is 17.2 Å². The lowest BCUT2D eigenvalue weighted by Gasteiger charge is -2.24. The second kappa shape index (κ2) is 12.8. The number of amides is 2. The van der Waals surface area contributed by atoms with Gasteiger partial charge in [0.2, 0.25) is 0 Å². The van der Waals surface area contributed by atoms with Gasteiger partial charge in [0.05, 0.1) is 21.3 Å². The maximum Gasteiger partial charge on any atom is 0.255 e. The number of carbonyl (C=O) groups excluding carboxylic acids is 2. The maximum absolute atomic E-state index is 13.4. The fraction of sp³-hybridized carbons (Fsp3) is 0.259. The number of nitrogens with one attached hydrogen (secondary N) is 1. The van der Waals surface area contributed by atoms with Gasteiger partial charge in [0, 0.05) is 34.9 Å². The molecule has 0 aromatic heterocycles. The van der Waals surface area contributed by atoms with Gasteiger partial charge in [-0.15, -0.1) is 0 Å². The van der Waals surface area contributed by atoms with Crippen LogP contribution in [0.4, 0.5) is 5.69 Å². The van der Waals surface area contributed by atoms with Crippen LogP contribution in [0, 0.1) is 0 Å². The highest BCUT2D eigenvalue weighted by molar-refractivity contribution is 6.31. The number of halogens is 1. The second-order valence-electron chi connectivity index (χ2n) is 7.93. The van der Waals surface area contributed by atoms with Gasteiger partial charge in [0.1, 0.15) is 5.75 Å². The lowest BCUT2D eigenvalue weighted by Crippen LogP contribution is -2.32. The highest BCUT2D eigenvalue weighted by Gasteiger charge is 2.20. The molecule has 9 heteroatoms. The van der Waals surface area contributed by atoms with E-state index in [1.165, 1.54) is 14.2 Å². The first kappa shape index (κ1) is 26.8. The van der Waals surface area contributed by atoms with Crippen molar-refractivity contribution in [3.8, 4) is 17.2 Å². The lowest BCUT2D eigenvalue weighted by atomic mass is 10.1. The molecule has 0 saturated carbocycles. The lowest BCUT2D eigenvalue weighted by molar-refractivity contribution is 0.0741. The quantitative estimate of drug-likeness (QED) is 0.389. The van der Waals surface area contributed by atoms with Crippen molar-refractivity contribution >= 4 is 29.1 Å². The summed E-state index contributed by atoms with van der Waals surface area (Å²) in [5.74, 6) is 1.09. The van der Waals surface area contributed by atoms with Gasteiger partial charge in [-0.05, 0) is 73.1 Å². The normalized spacial score (nSPS) is 10.5. The van der Waals surface area contributed by atoms with Crippen LogP contribution >= 0.6 is 11.6 Å². The minimum Gasteiger partial charge on any atom is -0.497 e. The fourth-order valence-corrected chi connectivity index (χ4v) is 3.81. The molecule has 0 fully saturated rings. The Hall–Kier alpha value is -3.75. The Balaban J connectivity index is 1.83. The topological polar surface area (TPSA) is 103 Å². The Morgan fingerprint density at radius 3 is 2.39 bits per heavy atom. The Morgan fingerprint density at radius 1 is 0.917 bits per heavy atom. The zero-order chi connectivity index (χ0) is 26.1. The van der Waals surface area contributed by atoms with Crippen LogP contribution in [-0.4, -0.2) is 51.1 Å². The highest BCUT2D eigenvalue weighted by Crippen LogP contribution is 2.29. The first-order valence-corrected chi connectivity index (χ1v) is 11.7. The summed E-state index contributed by atoms with van der Waals surface area (Å²) in [5, 5.41) is 3.35. The summed E-state index contributed by atoms with van der Waals surface area (Å²) in [7, 11) is 4.60. The number of benzene rings is 3. The summed E-state index contributed by atoms with van der Waals surface area (Å²) in [6.07, 6.45) is 0.614. The molecule has 0 aliphatic rings. The molecule has 190 valence electrons. The molecule has 0 saturated heterocycles. The summed E-state index contributed by atoms with van der Waals surface area (Å²) >= 11 is 6.48. The minimum absolute atomic E-state index is 0.203. The predicted molar refractivity (Wildman–Crippen MR) is 140 cm³/mol. The monoisotopic (exact) mass is 511 g/mol. The molecule has 3 N–H and O–H groups in total. The molecule has 2 amide bonds.